The topological polar surface area (TPSA) is 48.4 Å². The van der Waals surface area contributed by atoms with Gasteiger partial charge in [0.25, 0.3) is 0 Å². The van der Waals surface area contributed by atoms with Gasteiger partial charge in [0.15, 0.2) is 0 Å². The first kappa shape index (κ1) is 14.2. The summed E-state index contributed by atoms with van der Waals surface area (Å²) in [6.07, 6.45) is 1.46. The largest absolute Gasteiger partial charge is 0.506 e. The average molecular weight is 271 g/mol. The van der Waals surface area contributed by atoms with Crippen LogP contribution in [0.2, 0.25) is 0 Å². The predicted molar refractivity (Wildman–Crippen MR) is 83.2 cm³/mol. The molecule has 0 saturated carbocycles. The molecule has 0 aliphatic rings. The molecule has 1 heterocycles. The van der Waals surface area contributed by atoms with Gasteiger partial charge < -0.3 is 15.3 Å². The summed E-state index contributed by atoms with van der Waals surface area (Å²) in [7, 11) is 0. The second-order valence-corrected chi connectivity index (χ2v) is 4.58. The molecule has 2 rings (SSSR count). The number of hydrogen-bond acceptors (Lipinski definition) is 4. The van der Waals surface area contributed by atoms with Crippen LogP contribution in [0, 0.1) is 0 Å². The highest BCUT2D eigenvalue weighted by Gasteiger charge is 2.01. The molecule has 0 spiro atoms. The molecule has 0 radical (unpaired) electrons. The summed E-state index contributed by atoms with van der Waals surface area (Å²) in [5.74, 6) is 0.192. The Morgan fingerprint density at radius 2 is 1.75 bits per heavy atom. The molecule has 2 aromatic rings. The number of aromatic nitrogens is 1. The molecule has 1 aromatic carbocycles. The number of hydrogen-bond donors (Lipinski definition) is 2. The Bertz CT molecular complexity index is 518. The minimum Gasteiger partial charge on any atom is -0.506 e. The maximum atomic E-state index is 9.18. The molecule has 20 heavy (non-hydrogen) atoms. The third-order valence-corrected chi connectivity index (χ3v) is 3.28. The second-order valence-electron chi connectivity index (χ2n) is 4.58. The lowest BCUT2D eigenvalue weighted by Gasteiger charge is -2.21. The number of pyridine rings is 1. The number of benzene rings is 1. The molecule has 0 saturated heterocycles. The van der Waals surface area contributed by atoms with Crippen LogP contribution in [-0.4, -0.2) is 23.2 Å². The van der Waals surface area contributed by atoms with Gasteiger partial charge in [0, 0.05) is 24.5 Å². The van der Waals surface area contributed by atoms with Gasteiger partial charge in [-0.05, 0) is 50.2 Å². The quantitative estimate of drug-likeness (QED) is 0.846. The zero-order valence-corrected chi connectivity index (χ0v) is 12.0. The summed E-state index contributed by atoms with van der Waals surface area (Å²) < 4.78 is 0. The summed E-state index contributed by atoms with van der Waals surface area (Å²) in [6, 6.07) is 11.9. The normalized spacial score (nSPS) is 10.3. The van der Waals surface area contributed by atoms with Crippen molar-refractivity contribution in [3.05, 3.63) is 48.3 Å². The summed E-state index contributed by atoms with van der Waals surface area (Å²) in [4.78, 5) is 6.46. The van der Waals surface area contributed by atoms with Crippen LogP contribution in [0.1, 0.15) is 19.5 Å². The van der Waals surface area contributed by atoms with Crippen LogP contribution in [0.5, 0.6) is 5.75 Å². The van der Waals surface area contributed by atoms with Crippen LogP contribution in [-0.2, 0) is 6.54 Å². The molecule has 0 fully saturated rings. The van der Waals surface area contributed by atoms with E-state index in [0.29, 0.717) is 6.54 Å². The van der Waals surface area contributed by atoms with E-state index in [2.05, 4.69) is 53.3 Å². The van der Waals surface area contributed by atoms with Crippen molar-refractivity contribution in [1.29, 1.82) is 0 Å². The van der Waals surface area contributed by atoms with Crippen LogP contribution < -0.4 is 10.2 Å². The standard InChI is InChI=1S/C16H21N3O/c1-3-19(4-2)15-8-5-13(6-9-15)17-11-14-7-10-16(20)12-18-14/h5-10,12,17,20H,3-4,11H2,1-2H3. The van der Waals surface area contributed by atoms with E-state index in [0.717, 1.165) is 24.5 Å². The highest BCUT2D eigenvalue weighted by molar-refractivity contribution is 5.55. The first-order valence-electron chi connectivity index (χ1n) is 6.95. The number of rotatable bonds is 6. The van der Waals surface area contributed by atoms with Gasteiger partial charge in [0.2, 0.25) is 0 Å². The zero-order valence-electron chi connectivity index (χ0n) is 12.0. The molecule has 4 nitrogen and oxygen atoms in total. The maximum Gasteiger partial charge on any atom is 0.133 e. The minimum absolute atomic E-state index is 0.192. The van der Waals surface area contributed by atoms with Crippen molar-refractivity contribution < 1.29 is 5.11 Å². The Balaban J connectivity index is 1.95. The predicted octanol–water partition coefficient (Wildman–Crippen LogP) is 3.25. The molecule has 0 aliphatic heterocycles. The molecular formula is C16H21N3O. The third kappa shape index (κ3) is 3.63. The van der Waals surface area contributed by atoms with Crippen molar-refractivity contribution in [3.63, 3.8) is 0 Å². The Kier molecular flexibility index (Phi) is 4.82. The van der Waals surface area contributed by atoms with Crippen molar-refractivity contribution in [2.45, 2.75) is 20.4 Å². The molecule has 0 bridgehead atoms. The molecule has 4 heteroatoms. The van der Waals surface area contributed by atoms with Gasteiger partial charge in [-0.15, -0.1) is 0 Å². The van der Waals surface area contributed by atoms with E-state index >= 15 is 0 Å². The molecule has 2 N–H and O–H groups in total. The third-order valence-electron chi connectivity index (χ3n) is 3.28. The van der Waals surface area contributed by atoms with Crippen molar-refractivity contribution in [2.75, 3.05) is 23.3 Å². The molecule has 0 aliphatic carbocycles. The van der Waals surface area contributed by atoms with Gasteiger partial charge in [-0.2, -0.15) is 0 Å². The Labute approximate surface area is 120 Å². The van der Waals surface area contributed by atoms with Crippen molar-refractivity contribution >= 4 is 11.4 Å². The van der Waals surface area contributed by atoms with Crippen LogP contribution in [0.25, 0.3) is 0 Å². The lowest BCUT2D eigenvalue weighted by Crippen LogP contribution is -2.21. The summed E-state index contributed by atoms with van der Waals surface area (Å²) >= 11 is 0. The fraction of sp³-hybridized carbons (Fsp3) is 0.312. The lowest BCUT2D eigenvalue weighted by atomic mass is 10.2. The first-order chi connectivity index (χ1) is 9.72. The van der Waals surface area contributed by atoms with Crippen molar-refractivity contribution in [3.8, 4) is 5.75 Å². The lowest BCUT2D eigenvalue weighted by molar-refractivity contribution is 0.472. The highest BCUT2D eigenvalue weighted by Crippen LogP contribution is 2.18. The van der Waals surface area contributed by atoms with E-state index in [1.165, 1.54) is 11.9 Å². The van der Waals surface area contributed by atoms with E-state index in [-0.39, 0.29) is 5.75 Å². The molecule has 0 atom stereocenters. The Hall–Kier alpha value is -2.23. The summed E-state index contributed by atoms with van der Waals surface area (Å²) in [5.41, 5.74) is 3.20. The van der Waals surface area contributed by atoms with E-state index < -0.39 is 0 Å². The number of nitrogens with zero attached hydrogens (tertiary/aromatic N) is 2. The van der Waals surface area contributed by atoms with Crippen LogP contribution in [0.15, 0.2) is 42.6 Å². The van der Waals surface area contributed by atoms with E-state index in [1.807, 2.05) is 6.07 Å². The van der Waals surface area contributed by atoms with Gasteiger partial charge in [0.05, 0.1) is 18.4 Å². The summed E-state index contributed by atoms with van der Waals surface area (Å²) in [5, 5.41) is 12.5. The fourth-order valence-electron chi connectivity index (χ4n) is 2.09. The maximum absolute atomic E-state index is 9.18. The molecule has 106 valence electrons. The Morgan fingerprint density at radius 3 is 2.30 bits per heavy atom. The summed E-state index contributed by atoms with van der Waals surface area (Å²) in [6.45, 7) is 6.99. The zero-order chi connectivity index (χ0) is 14.4. The van der Waals surface area contributed by atoms with E-state index in [1.54, 1.807) is 6.07 Å². The molecule has 1 aromatic heterocycles. The number of aromatic hydroxyl groups is 1. The minimum atomic E-state index is 0.192. The van der Waals surface area contributed by atoms with Gasteiger partial charge in [-0.25, -0.2) is 0 Å². The van der Waals surface area contributed by atoms with Crippen molar-refractivity contribution in [2.24, 2.45) is 0 Å². The van der Waals surface area contributed by atoms with Crippen LogP contribution >= 0.6 is 0 Å². The monoisotopic (exact) mass is 271 g/mol. The Morgan fingerprint density at radius 1 is 1.05 bits per heavy atom. The van der Waals surface area contributed by atoms with Gasteiger partial charge in [0.1, 0.15) is 5.75 Å². The molecule has 0 amide bonds. The number of nitrogens with one attached hydrogen (secondary N) is 1. The highest BCUT2D eigenvalue weighted by atomic mass is 16.3. The van der Waals surface area contributed by atoms with E-state index in [4.69, 9.17) is 0 Å². The van der Waals surface area contributed by atoms with Crippen molar-refractivity contribution in [1.82, 2.24) is 4.98 Å². The van der Waals surface area contributed by atoms with Gasteiger partial charge >= 0.3 is 0 Å². The second kappa shape index (κ2) is 6.80. The SMILES string of the molecule is CCN(CC)c1ccc(NCc2ccc(O)cn2)cc1. The first-order valence-corrected chi connectivity index (χ1v) is 6.95. The smallest absolute Gasteiger partial charge is 0.133 e. The fourth-order valence-corrected chi connectivity index (χ4v) is 2.09. The van der Waals surface area contributed by atoms with E-state index in [9.17, 15) is 5.11 Å². The van der Waals surface area contributed by atoms with Gasteiger partial charge in [-0.1, -0.05) is 0 Å². The van der Waals surface area contributed by atoms with Crippen LogP contribution in [0.3, 0.4) is 0 Å². The molecular weight excluding hydrogens is 250 g/mol. The molecule has 0 unspecified atom stereocenters. The number of anilines is 2. The van der Waals surface area contributed by atoms with Gasteiger partial charge in [-0.3, -0.25) is 4.98 Å². The van der Waals surface area contributed by atoms with Crippen LogP contribution in [0.4, 0.5) is 11.4 Å². The average Bonchev–Trinajstić information content (AvgIpc) is 2.49.